The summed E-state index contributed by atoms with van der Waals surface area (Å²) in [5, 5.41) is 0. The van der Waals surface area contributed by atoms with Crippen LogP contribution in [0.4, 0.5) is 10.1 Å². The van der Waals surface area contributed by atoms with E-state index in [2.05, 4.69) is 11.9 Å². The molecule has 1 aliphatic rings. The van der Waals surface area contributed by atoms with Crippen molar-refractivity contribution in [3.63, 3.8) is 0 Å². The molecule has 3 heteroatoms. The lowest BCUT2D eigenvalue weighted by molar-refractivity contribution is 0.545. The number of hydrogen-bond acceptors (Lipinski definition) is 2. The number of aryl methyl sites for hydroxylation is 1. The smallest absolute Gasteiger partial charge is 0.126 e. The second-order valence-electron chi connectivity index (χ2n) is 5.98. The fourth-order valence-corrected chi connectivity index (χ4v) is 3.06. The number of anilines is 1. The van der Waals surface area contributed by atoms with E-state index in [1.807, 2.05) is 19.9 Å². The van der Waals surface area contributed by atoms with Gasteiger partial charge in [0.1, 0.15) is 5.82 Å². The molecule has 0 saturated heterocycles. The zero-order valence-corrected chi connectivity index (χ0v) is 12.2. The second kappa shape index (κ2) is 5.91. The first-order chi connectivity index (χ1) is 8.99. The van der Waals surface area contributed by atoms with E-state index in [9.17, 15) is 4.39 Å². The van der Waals surface area contributed by atoms with E-state index in [1.54, 1.807) is 6.07 Å². The van der Waals surface area contributed by atoms with E-state index in [4.69, 9.17) is 5.73 Å². The minimum Gasteiger partial charge on any atom is -0.374 e. The number of hydrogen-bond donors (Lipinski definition) is 1. The van der Waals surface area contributed by atoms with E-state index in [1.165, 1.54) is 25.7 Å². The Kier molecular flexibility index (Phi) is 4.46. The molecule has 0 radical (unpaired) electrons. The van der Waals surface area contributed by atoms with Gasteiger partial charge in [-0.25, -0.2) is 4.39 Å². The quantitative estimate of drug-likeness (QED) is 0.896. The fraction of sp³-hybridized carbons (Fsp3) is 0.625. The van der Waals surface area contributed by atoms with Crippen molar-refractivity contribution in [2.24, 2.45) is 11.7 Å². The van der Waals surface area contributed by atoms with Gasteiger partial charge >= 0.3 is 0 Å². The zero-order chi connectivity index (χ0) is 14.0. The van der Waals surface area contributed by atoms with Crippen molar-refractivity contribution in [2.75, 3.05) is 18.5 Å². The van der Waals surface area contributed by atoms with Crippen molar-refractivity contribution in [3.05, 3.63) is 29.1 Å². The van der Waals surface area contributed by atoms with Crippen molar-refractivity contribution in [1.29, 1.82) is 0 Å². The molecule has 0 heterocycles. The molecule has 0 spiro atoms. The van der Waals surface area contributed by atoms with E-state index in [0.29, 0.717) is 5.56 Å². The predicted molar refractivity (Wildman–Crippen MR) is 79.0 cm³/mol. The summed E-state index contributed by atoms with van der Waals surface area (Å²) >= 11 is 0. The third-order valence-corrected chi connectivity index (χ3v) is 4.22. The first-order valence-corrected chi connectivity index (χ1v) is 7.25. The molecule has 1 fully saturated rings. The van der Waals surface area contributed by atoms with Gasteiger partial charge in [0.05, 0.1) is 0 Å². The summed E-state index contributed by atoms with van der Waals surface area (Å²) in [4.78, 5) is 2.25. The SMILES string of the molecule is Cc1cc(N(C)CC2CCCC2)c([C@@H](C)N)cc1F. The molecule has 1 aliphatic carbocycles. The second-order valence-corrected chi connectivity index (χ2v) is 5.98. The van der Waals surface area contributed by atoms with Crippen LogP contribution in [-0.2, 0) is 0 Å². The van der Waals surface area contributed by atoms with Crippen LogP contribution in [-0.4, -0.2) is 13.6 Å². The van der Waals surface area contributed by atoms with Crippen LogP contribution in [0.15, 0.2) is 12.1 Å². The Balaban J connectivity index is 2.23. The number of nitrogens with two attached hydrogens (primary N) is 1. The van der Waals surface area contributed by atoms with Crippen LogP contribution in [0, 0.1) is 18.7 Å². The van der Waals surface area contributed by atoms with Crippen LogP contribution in [0.5, 0.6) is 0 Å². The summed E-state index contributed by atoms with van der Waals surface area (Å²) in [6.45, 7) is 4.77. The van der Waals surface area contributed by atoms with E-state index >= 15 is 0 Å². The summed E-state index contributed by atoms with van der Waals surface area (Å²) in [7, 11) is 2.09. The van der Waals surface area contributed by atoms with Gasteiger partial charge in [-0.15, -0.1) is 0 Å². The van der Waals surface area contributed by atoms with Gasteiger partial charge in [0.2, 0.25) is 0 Å². The third kappa shape index (κ3) is 3.27. The molecule has 0 unspecified atom stereocenters. The zero-order valence-electron chi connectivity index (χ0n) is 12.2. The van der Waals surface area contributed by atoms with Gasteiger partial charge in [-0.1, -0.05) is 12.8 Å². The molecule has 0 bridgehead atoms. The molecule has 1 aromatic rings. The molecular weight excluding hydrogens is 239 g/mol. The molecular formula is C16H25FN2. The number of rotatable bonds is 4. The lowest BCUT2D eigenvalue weighted by Gasteiger charge is -2.27. The largest absolute Gasteiger partial charge is 0.374 e. The lowest BCUT2D eigenvalue weighted by atomic mass is 10.0. The maximum absolute atomic E-state index is 13.7. The highest BCUT2D eigenvalue weighted by atomic mass is 19.1. The molecule has 2 rings (SSSR count). The predicted octanol–water partition coefficient (Wildman–Crippen LogP) is 3.78. The number of halogens is 1. The summed E-state index contributed by atoms with van der Waals surface area (Å²) in [5.41, 5.74) is 8.67. The highest BCUT2D eigenvalue weighted by Gasteiger charge is 2.20. The molecule has 1 saturated carbocycles. The van der Waals surface area contributed by atoms with Crippen molar-refractivity contribution in [1.82, 2.24) is 0 Å². The normalized spacial score (nSPS) is 17.7. The maximum Gasteiger partial charge on any atom is 0.126 e. The average Bonchev–Trinajstić information content (AvgIpc) is 2.84. The number of nitrogens with zero attached hydrogens (tertiary/aromatic N) is 1. The van der Waals surface area contributed by atoms with E-state index in [-0.39, 0.29) is 11.9 Å². The monoisotopic (exact) mass is 264 g/mol. The highest BCUT2D eigenvalue weighted by molar-refractivity contribution is 5.56. The third-order valence-electron chi connectivity index (χ3n) is 4.22. The molecule has 2 N–H and O–H groups in total. The topological polar surface area (TPSA) is 29.3 Å². The fourth-order valence-electron chi connectivity index (χ4n) is 3.06. The van der Waals surface area contributed by atoms with E-state index in [0.717, 1.165) is 23.7 Å². The Morgan fingerprint density at radius 3 is 2.58 bits per heavy atom. The highest BCUT2D eigenvalue weighted by Crippen LogP contribution is 2.31. The average molecular weight is 264 g/mol. The van der Waals surface area contributed by atoms with Crippen molar-refractivity contribution in [2.45, 2.75) is 45.6 Å². The summed E-state index contributed by atoms with van der Waals surface area (Å²) in [5.74, 6) is 0.613. The Morgan fingerprint density at radius 2 is 2.00 bits per heavy atom. The number of benzene rings is 1. The van der Waals surface area contributed by atoms with Crippen LogP contribution < -0.4 is 10.6 Å². The Bertz CT molecular complexity index is 437. The van der Waals surface area contributed by atoms with Crippen molar-refractivity contribution in [3.8, 4) is 0 Å². The van der Waals surface area contributed by atoms with Crippen molar-refractivity contribution < 1.29 is 4.39 Å². The van der Waals surface area contributed by atoms with Gasteiger partial charge in [0.15, 0.2) is 0 Å². The lowest BCUT2D eigenvalue weighted by Crippen LogP contribution is -2.26. The van der Waals surface area contributed by atoms with Gasteiger partial charge < -0.3 is 10.6 Å². The molecule has 1 aromatic carbocycles. The molecule has 0 amide bonds. The van der Waals surface area contributed by atoms with Crippen LogP contribution in [0.2, 0.25) is 0 Å². The first-order valence-electron chi connectivity index (χ1n) is 7.25. The Morgan fingerprint density at radius 1 is 1.37 bits per heavy atom. The van der Waals surface area contributed by atoms with Gasteiger partial charge in [-0.3, -0.25) is 0 Å². The first kappa shape index (κ1) is 14.3. The van der Waals surface area contributed by atoms with Gasteiger partial charge in [-0.2, -0.15) is 0 Å². The van der Waals surface area contributed by atoms with Crippen molar-refractivity contribution >= 4 is 5.69 Å². The minimum absolute atomic E-state index is 0.142. The van der Waals surface area contributed by atoms with E-state index < -0.39 is 0 Å². The molecule has 1 atom stereocenters. The molecule has 0 aliphatic heterocycles. The minimum atomic E-state index is -0.162. The molecule has 2 nitrogen and oxygen atoms in total. The summed E-state index contributed by atoms with van der Waals surface area (Å²) in [6, 6.07) is 3.39. The van der Waals surface area contributed by atoms with Gasteiger partial charge in [0, 0.05) is 25.3 Å². The maximum atomic E-state index is 13.7. The molecule has 19 heavy (non-hydrogen) atoms. The van der Waals surface area contributed by atoms with Crippen LogP contribution in [0.3, 0.4) is 0 Å². The van der Waals surface area contributed by atoms with Crippen LogP contribution in [0.25, 0.3) is 0 Å². The van der Waals surface area contributed by atoms with Gasteiger partial charge in [-0.05, 0) is 55.9 Å². The molecule has 0 aromatic heterocycles. The molecule has 106 valence electrons. The Hall–Kier alpha value is -1.09. The van der Waals surface area contributed by atoms with Crippen LogP contribution in [0.1, 0.15) is 49.8 Å². The summed E-state index contributed by atoms with van der Waals surface area (Å²) in [6.07, 6.45) is 5.33. The standard InChI is InChI=1S/C16H25FN2/c1-11-8-16(14(12(2)18)9-15(11)17)19(3)10-13-6-4-5-7-13/h8-9,12-13H,4-7,10,18H2,1-3H3/t12-/m1/s1. The van der Waals surface area contributed by atoms with Crippen LogP contribution >= 0.6 is 0 Å². The summed E-state index contributed by atoms with van der Waals surface area (Å²) < 4.78 is 13.7. The Labute approximate surface area is 115 Å². The van der Waals surface area contributed by atoms with Gasteiger partial charge in [0.25, 0.3) is 0 Å².